The number of nitrogen functional groups attached to an aromatic ring is 1. The van der Waals surface area contributed by atoms with E-state index in [1.54, 1.807) is 6.92 Å². The van der Waals surface area contributed by atoms with Crippen LogP contribution >= 0.6 is 0 Å². The molecule has 8 nitrogen and oxygen atoms in total. The van der Waals surface area contributed by atoms with Crippen LogP contribution in [-0.4, -0.2) is 26.8 Å². The quantitative estimate of drug-likeness (QED) is 0.351. The van der Waals surface area contributed by atoms with Crippen LogP contribution in [0.5, 0.6) is 11.5 Å². The number of aryl methyl sites for hydroxylation is 1. The first-order chi connectivity index (χ1) is 14.5. The van der Waals surface area contributed by atoms with Gasteiger partial charge in [-0.2, -0.15) is 5.10 Å². The molecule has 8 heteroatoms. The fourth-order valence-electron chi connectivity index (χ4n) is 2.87. The van der Waals surface area contributed by atoms with Crippen LogP contribution in [0, 0.1) is 12.3 Å². The Morgan fingerprint density at radius 3 is 2.37 bits per heavy atom. The Morgan fingerprint density at radius 2 is 1.77 bits per heavy atom. The smallest absolute Gasteiger partial charge is 0.151 e. The van der Waals surface area contributed by atoms with Crippen molar-refractivity contribution in [3.05, 3.63) is 72.7 Å². The van der Waals surface area contributed by atoms with Crippen molar-refractivity contribution < 1.29 is 4.74 Å². The number of amidine groups is 1. The summed E-state index contributed by atoms with van der Waals surface area (Å²) in [5, 5.41) is 10.6. The molecule has 0 saturated carbocycles. The number of hydrogen-bond donors (Lipinski definition) is 3. The van der Waals surface area contributed by atoms with Crippen molar-refractivity contribution >= 4 is 23.5 Å². The fraction of sp³-hybridized carbons (Fsp3) is 0.0909. The van der Waals surface area contributed by atoms with Gasteiger partial charge in [0.05, 0.1) is 5.84 Å². The van der Waals surface area contributed by atoms with Crippen LogP contribution in [0.15, 0.2) is 72.0 Å². The van der Waals surface area contributed by atoms with Gasteiger partial charge >= 0.3 is 0 Å². The lowest BCUT2D eigenvalue weighted by molar-refractivity contribution is 0.483. The minimum Gasteiger partial charge on any atom is -0.457 e. The molecule has 4 rings (SSSR count). The van der Waals surface area contributed by atoms with Crippen molar-refractivity contribution in [3.63, 3.8) is 0 Å². The van der Waals surface area contributed by atoms with Gasteiger partial charge in [0.2, 0.25) is 0 Å². The van der Waals surface area contributed by atoms with E-state index < -0.39 is 0 Å². The van der Waals surface area contributed by atoms with Gasteiger partial charge in [0.1, 0.15) is 29.7 Å². The Hall–Kier alpha value is -4.20. The number of nitrogens with one attached hydrogen (secondary N) is 1. The third kappa shape index (κ3) is 4.79. The van der Waals surface area contributed by atoms with Gasteiger partial charge in [-0.25, -0.2) is 14.5 Å². The number of anilines is 1. The Kier molecular flexibility index (Phi) is 6.39. The van der Waals surface area contributed by atoms with Crippen LogP contribution < -0.4 is 16.2 Å². The van der Waals surface area contributed by atoms with Gasteiger partial charge in [-0.3, -0.25) is 5.41 Å². The van der Waals surface area contributed by atoms with Crippen molar-refractivity contribution in [2.45, 2.75) is 13.8 Å². The molecule has 30 heavy (non-hydrogen) atoms. The lowest BCUT2D eigenvalue weighted by Gasteiger charge is -2.07. The van der Waals surface area contributed by atoms with Crippen molar-refractivity contribution in [1.82, 2.24) is 14.6 Å². The van der Waals surface area contributed by atoms with E-state index in [1.807, 2.05) is 66.0 Å². The molecule has 0 aliphatic heterocycles. The summed E-state index contributed by atoms with van der Waals surface area (Å²) in [5.41, 5.74) is 14.9. The standard InChI is InChI=1S/C19H16N4O.C3H7N3/c1-13-11-17(18-19(20)21-12-22-23(13)18)14-7-9-16(10-8-14)24-15-5-3-2-4-6-15;1-3(5)6-2-4/h2-12H,1H3,(H2,20,21,22);2H,1H3,(H3,4,5,6). The maximum atomic E-state index is 6.34. The number of nitrogens with two attached hydrogens (primary N) is 2. The van der Waals surface area contributed by atoms with Crippen molar-refractivity contribution in [2.24, 2.45) is 10.7 Å². The average Bonchev–Trinajstić information content (AvgIpc) is 3.08. The average molecular weight is 401 g/mol. The van der Waals surface area contributed by atoms with Crippen LogP contribution in [0.3, 0.4) is 0 Å². The number of aromatic nitrogens is 3. The minimum atomic E-state index is 0.421. The molecule has 0 aliphatic carbocycles. The molecule has 0 saturated heterocycles. The van der Waals surface area contributed by atoms with Gasteiger partial charge < -0.3 is 16.2 Å². The Morgan fingerprint density at radius 1 is 1.10 bits per heavy atom. The third-order valence-electron chi connectivity index (χ3n) is 4.17. The molecule has 0 amide bonds. The van der Waals surface area contributed by atoms with Gasteiger partial charge in [0.25, 0.3) is 0 Å². The second kappa shape index (κ2) is 9.33. The molecule has 152 valence electrons. The molecule has 2 aromatic heterocycles. The molecule has 0 aliphatic rings. The summed E-state index contributed by atoms with van der Waals surface area (Å²) in [6.07, 6.45) is 2.38. The summed E-state index contributed by atoms with van der Waals surface area (Å²) in [6, 6.07) is 19.7. The van der Waals surface area contributed by atoms with Crippen molar-refractivity contribution in [3.8, 4) is 22.6 Å². The van der Waals surface area contributed by atoms with Crippen LogP contribution in [0.1, 0.15) is 12.6 Å². The zero-order valence-corrected chi connectivity index (χ0v) is 16.8. The molecule has 2 aromatic carbocycles. The largest absolute Gasteiger partial charge is 0.457 e. The predicted molar refractivity (Wildman–Crippen MR) is 120 cm³/mol. The zero-order chi connectivity index (χ0) is 21.5. The summed E-state index contributed by atoms with van der Waals surface area (Å²) < 4.78 is 7.64. The third-order valence-corrected chi connectivity index (χ3v) is 4.17. The number of nitrogens with zero attached hydrogens (tertiary/aromatic N) is 4. The summed E-state index contributed by atoms with van der Waals surface area (Å²) in [5.74, 6) is 2.49. The lowest BCUT2D eigenvalue weighted by atomic mass is 10.1. The second-order valence-electron chi connectivity index (χ2n) is 6.44. The summed E-state index contributed by atoms with van der Waals surface area (Å²) in [4.78, 5) is 7.46. The predicted octanol–water partition coefficient (Wildman–Crippen LogP) is 4.05. The van der Waals surface area contributed by atoms with Gasteiger partial charge in [0.15, 0.2) is 5.82 Å². The molecule has 4 aromatic rings. The van der Waals surface area contributed by atoms with Gasteiger partial charge in [-0.05, 0) is 49.7 Å². The highest BCUT2D eigenvalue weighted by atomic mass is 16.5. The van der Waals surface area contributed by atoms with Crippen LogP contribution in [0.25, 0.3) is 16.6 Å². The van der Waals surface area contributed by atoms with E-state index in [9.17, 15) is 0 Å². The van der Waals surface area contributed by atoms with E-state index >= 15 is 0 Å². The monoisotopic (exact) mass is 401 g/mol. The van der Waals surface area contributed by atoms with E-state index in [0.29, 0.717) is 11.7 Å². The van der Waals surface area contributed by atoms with E-state index in [-0.39, 0.29) is 0 Å². The van der Waals surface area contributed by atoms with Crippen LogP contribution in [0.4, 0.5) is 5.82 Å². The van der Waals surface area contributed by atoms with E-state index in [4.69, 9.17) is 21.6 Å². The topological polar surface area (TPSA) is 128 Å². The summed E-state index contributed by atoms with van der Waals surface area (Å²) in [7, 11) is 0. The Bertz CT molecular complexity index is 1160. The number of ether oxygens (including phenoxy) is 1. The van der Waals surface area contributed by atoms with Crippen molar-refractivity contribution in [1.29, 1.82) is 5.41 Å². The first-order valence-corrected chi connectivity index (χ1v) is 9.20. The van der Waals surface area contributed by atoms with Gasteiger partial charge in [-0.15, -0.1) is 0 Å². The number of hydrogen-bond acceptors (Lipinski definition) is 5. The number of fused-ring (bicyclic) bond motifs is 1. The maximum Gasteiger partial charge on any atom is 0.151 e. The van der Waals surface area contributed by atoms with Gasteiger partial charge in [0, 0.05) is 11.3 Å². The molecule has 0 spiro atoms. The second-order valence-corrected chi connectivity index (χ2v) is 6.44. The Labute approximate surface area is 174 Å². The van der Waals surface area contributed by atoms with E-state index in [0.717, 1.165) is 40.2 Å². The van der Waals surface area contributed by atoms with E-state index in [2.05, 4.69) is 21.1 Å². The first kappa shape index (κ1) is 20.5. The fourth-order valence-corrected chi connectivity index (χ4v) is 2.87. The molecule has 0 radical (unpaired) electrons. The maximum absolute atomic E-state index is 6.34. The zero-order valence-electron chi connectivity index (χ0n) is 16.8. The molecular formula is C22H23N7O. The summed E-state index contributed by atoms with van der Waals surface area (Å²) in [6.45, 7) is 3.63. The highest BCUT2D eigenvalue weighted by Gasteiger charge is 2.12. The molecule has 0 fully saturated rings. The molecule has 0 atom stereocenters. The van der Waals surface area contributed by atoms with E-state index in [1.165, 1.54) is 6.33 Å². The number of para-hydroxylation sites is 1. The number of aliphatic imine (C=N–C) groups is 1. The molecule has 2 heterocycles. The molecular weight excluding hydrogens is 378 g/mol. The molecule has 0 bridgehead atoms. The highest BCUT2D eigenvalue weighted by Crippen LogP contribution is 2.31. The highest BCUT2D eigenvalue weighted by molar-refractivity contribution is 5.88. The molecule has 5 N–H and O–H groups in total. The lowest BCUT2D eigenvalue weighted by Crippen LogP contribution is -2.04. The minimum absolute atomic E-state index is 0.421. The normalized spacial score (nSPS) is 10.9. The number of benzene rings is 2. The van der Waals surface area contributed by atoms with Crippen LogP contribution in [-0.2, 0) is 0 Å². The Balaban J connectivity index is 0.000000377. The molecule has 0 unspecified atom stereocenters. The van der Waals surface area contributed by atoms with Crippen LogP contribution in [0.2, 0.25) is 0 Å². The summed E-state index contributed by atoms with van der Waals surface area (Å²) >= 11 is 0. The van der Waals surface area contributed by atoms with Crippen molar-refractivity contribution in [2.75, 3.05) is 5.73 Å². The SMILES string of the molecule is CC(N)=NC=N.Cc1cc(-c2ccc(Oc3ccccc3)cc2)c2c(N)ncnn12. The van der Waals surface area contributed by atoms with Gasteiger partial charge in [-0.1, -0.05) is 30.3 Å². The first-order valence-electron chi connectivity index (χ1n) is 9.20. The number of rotatable bonds is 4.